The highest BCUT2D eigenvalue weighted by atomic mass is 32.1. The first-order valence-corrected chi connectivity index (χ1v) is 7.38. The van der Waals surface area contributed by atoms with Gasteiger partial charge in [-0.05, 0) is 32.9 Å². The fraction of sp³-hybridized carbons (Fsp3) is 0.571. The molecule has 1 amide bonds. The number of carboxylic acids is 1. The zero-order valence-electron chi connectivity index (χ0n) is 13.0. The maximum absolute atomic E-state index is 11.7. The normalized spacial score (nSPS) is 12.6. The molecule has 0 aromatic carbocycles. The maximum Gasteiger partial charge on any atom is 0.408 e. The number of thiophene rings is 1. The quantitative estimate of drug-likeness (QED) is 0.872. The van der Waals surface area contributed by atoms with Crippen LogP contribution in [0.25, 0.3) is 0 Å². The Bertz CT molecular complexity index is 505. The predicted octanol–water partition coefficient (Wildman–Crippen LogP) is 2.33. The van der Waals surface area contributed by atoms with Crippen LogP contribution in [0.4, 0.5) is 9.80 Å². The van der Waals surface area contributed by atoms with E-state index in [9.17, 15) is 14.7 Å². The molecule has 1 rings (SSSR count). The van der Waals surface area contributed by atoms with Crippen LogP contribution in [-0.4, -0.2) is 42.9 Å². The first kappa shape index (κ1) is 17.3. The van der Waals surface area contributed by atoms with Crippen molar-refractivity contribution in [1.82, 2.24) is 5.32 Å². The number of anilines is 1. The van der Waals surface area contributed by atoms with Crippen LogP contribution < -0.4 is 10.2 Å². The molecule has 0 aliphatic heterocycles. The second-order valence-electron chi connectivity index (χ2n) is 5.88. The number of nitrogens with zero attached hydrogens (tertiary/aromatic N) is 1. The Kier molecular flexibility index (Phi) is 5.60. The Morgan fingerprint density at radius 1 is 1.38 bits per heavy atom. The van der Waals surface area contributed by atoms with Crippen molar-refractivity contribution in [3.05, 3.63) is 17.0 Å². The molecule has 1 heterocycles. The van der Waals surface area contributed by atoms with Gasteiger partial charge in [0.25, 0.3) is 0 Å². The topological polar surface area (TPSA) is 78.9 Å². The van der Waals surface area contributed by atoms with Gasteiger partial charge < -0.3 is 20.1 Å². The van der Waals surface area contributed by atoms with Crippen molar-refractivity contribution < 1.29 is 19.4 Å². The molecule has 1 atom stereocenters. The van der Waals surface area contributed by atoms with Crippen molar-refractivity contribution in [2.75, 3.05) is 19.0 Å². The van der Waals surface area contributed by atoms with E-state index >= 15 is 0 Å². The van der Waals surface area contributed by atoms with Gasteiger partial charge in [0.1, 0.15) is 11.6 Å². The summed E-state index contributed by atoms with van der Waals surface area (Å²) in [6.45, 7) is 5.18. The van der Waals surface area contributed by atoms with E-state index in [0.29, 0.717) is 0 Å². The number of hydrogen-bond donors (Lipinski definition) is 2. The first-order chi connectivity index (χ1) is 9.58. The van der Waals surface area contributed by atoms with Gasteiger partial charge in [-0.3, -0.25) is 0 Å². The predicted molar refractivity (Wildman–Crippen MR) is 83.1 cm³/mol. The number of rotatable bonds is 5. The van der Waals surface area contributed by atoms with E-state index in [0.717, 1.165) is 9.88 Å². The molecule has 0 radical (unpaired) electrons. The van der Waals surface area contributed by atoms with Crippen LogP contribution in [0.3, 0.4) is 0 Å². The average molecular weight is 314 g/mol. The number of amides is 1. The van der Waals surface area contributed by atoms with Crippen molar-refractivity contribution in [2.24, 2.45) is 0 Å². The van der Waals surface area contributed by atoms with Crippen molar-refractivity contribution in [1.29, 1.82) is 0 Å². The van der Waals surface area contributed by atoms with Gasteiger partial charge in [-0.15, -0.1) is 11.3 Å². The van der Waals surface area contributed by atoms with E-state index in [1.165, 1.54) is 11.3 Å². The average Bonchev–Trinajstić information content (AvgIpc) is 2.74. The van der Waals surface area contributed by atoms with E-state index in [-0.39, 0.29) is 6.42 Å². The molecule has 1 aromatic heterocycles. The molecule has 21 heavy (non-hydrogen) atoms. The van der Waals surface area contributed by atoms with Gasteiger partial charge in [0.15, 0.2) is 0 Å². The molecule has 7 heteroatoms. The summed E-state index contributed by atoms with van der Waals surface area (Å²) in [6.07, 6.45) is -0.494. The molecule has 0 saturated heterocycles. The Morgan fingerprint density at radius 2 is 2.00 bits per heavy atom. The lowest BCUT2D eigenvalue weighted by Crippen LogP contribution is -2.44. The number of carboxylic acid groups (broad SMARTS) is 1. The molecule has 0 spiro atoms. The van der Waals surface area contributed by atoms with E-state index < -0.39 is 23.7 Å². The van der Waals surface area contributed by atoms with Crippen molar-refractivity contribution >= 4 is 28.4 Å². The Balaban J connectivity index is 2.69. The number of carbonyl (C=O) groups is 2. The zero-order valence-corrected chi connectivity index (χ0v) is 13.8. The number of hydrogen-bond acceptors (Lipinski definition) is 5. The minimum atomic E-state index is -1.08. The second-order valence-corrected chi connectivity index (χ2v) is 7.02. The maximum atomic E-state index is 11.7. The largest absolute Gasteiger partial charge is 0.480 e. The smallest absolute Gasteiger partial charge is 0.408 e. The van der Waals surface area contributed by atoms with E-state index in [1.54, 1.807) is 20.8 Å². The lowest BCUT2D eigenvalue weighted by Gasteiger charge is -2.21. The Morgan fingerprint density at radius 3 is 2.43 bits per heavy atom. The van der Waals surface area contributed by atoms with Gasteiger partial charge in [0, 0.05) is 25.4 Å². The fourth-order valence-corrected chi connectivity index (χ4v) is 2.54. The van der Waals surface area contributed by atoms with Crippen LogP contribution in [0.5, 0.6) is 0 Å². The summed E-state index contributed by atoms with van der Waals surface area (Å²) in [5.41, 5.74) is -0.659. The summed E-state index contributed by atoms with van der Waals surface area (Å²) in [5, 5.41) is 12.6. The highest BCUT2D eigenvalue weighted by molar-refractivity contribution is 7.16. The minimum absolute atomic E-state index is 0.229. The molecule has 0 aliphatic rings. The molecule has 118 valence electrons. The molecule has 0 fully saturated rings. The van der Waals surface area contributed by atoms with Crippen LogP contribution in [0.2, 0.25) is 0 Å². The molecule has 0 bridgehead atoms. The molecular weight excluding hydrogens is 292 g/mol. The second kappa shape index (κ2) is 6.80. The molecule has 0 aliphatic carbocycles. The zero-order chi connectivity index (χ0) is 16.2. The van der Waals surface area contributed by atoms with Gasteiger partial charge in [0.05, 0.1) is 5.00 Å². The number of ether oxygens (including phenoxy) is 1. The molecule has 0 saturated carbocycles. The highest BCUT2D eigenvalue weighted by Crippen LogP contribution is 2.25. The summed E-state index contributed by atoms with van der Waals surface area (Å²) in [6, 6.07) is 2.78. The van der Waals surface area contributed by atoms with Crippen LogP contribution >= 0.6 is 11.3 Å². The van der Waals surface area contributed by atoms with E-state index in [2.05, 4.69) is 5.32 Å². The summed E-state index contributed by atoms with van der Waals surface area (Å²) >= 11 is 1.50. The standard InChI is InChI=1S/C14H22N2O4S/c1-14(2,3)20-13(19)15-10(12(17)18)8-9-6-7-11(21-9)16(4)5/h6-7,10H,8H2,1-5H3,(H,15,19)(H,17,18). The van der Waals surface area contributed by atoms with E-state index in [1.807, 2.05) is 31.1 Å². The van der Waals surface area contributed by atoms with Gasteiger partial charge in [-0.1, -0.05) is 0 Å². The third-order valence-corrected chi connectivity index (χ3v) is 3.76. The van der Waals surface area contributed by atoms with Crippen molar-refractivity contribution in [3.63, 3.8) is 0 Å². The highest BCUT2D eigenvalue weighted by Gasteiger charge is 2.24. The van der Waals surface area contributed by atoms with Gasteiger partial charge >= 0.3 is 12.1 Å². The summed E-state index contributed by atoms with van der Waals surface area (Å²) in [7, 11) is 3.84. The van der Waals surface area contributed by atoms with Crippen LogP contribution in [-0.2, 0) is 16.0 Å². The lowest BCUT2D eigenvalue weighted by atomic mass is 10.2. The number of aliphatic carboxylic acids is 1. The molecule has 1 unspecified atom stereocenters. The van der Waals surface area contributed by atoms with Crippen molar-refractivity contribution in [3.8, 4) is 0 Å². The summed E-state index contributed by atoms with van der Waals surface area (Å²) < 4.78 is 5.08. The van der Waals surface area contributed by atoms with Gasteiger partial charge in [-0.25, -0.2) is 9.59 Å². The molecule has 2 N–H and O–H groups in total. The minimum Gasteiger partial charge on any atom is -0.480 e. The third-order valence-electron chi connectivity index (χ3n) is 2.48. The van der Waals surface area contributed by atoms with Crippen molar-refractivity contribution in [2.45, 2.75) is 38.8 Å². The number of nitrogens with one attached hydrogen (secondary N) is 1. The molecule has 6 nitrogen and oxygen atoms in total. The van der Waals surface area contributed by atoms with Gasteiger partial charge in [-0.2, -0.15) is 0 Å². The van der Waals surface area contributed by atoms with Crippen LogP contribution in [0.1, 0.15) is 25.6 Å². The molecular formula is C14H22N2O4S. The Labute approximate surface area is 128 Å². The van der Waals surface area contributed by atoms with Gasteiger partial charge in [0.2, 0.25) is 0 Å². The molecule has 1 aromatic rings. The lowest BCUT2D eigenvalue weighted by molar-refractivity contribution is -0.139. The number of alkyl carbamates (subject to hydrolysis) is 1. The first-order valence-electron chi connectivity index (χ1n) is 6.57. The van der Waals surface area contributed by atoms with E-state index in [4.69, 9.17) is 4.74 Å². The van der Waals surface area contributed by atoms with Crippen LogP contribution in [0.15, 0.2) is 12.1 Å². The number of carbonyl (C=O) groups excluding carboxylic acids is 1. The fourth-order valence-electron chi connectivity index (χ4n) is 1.57. The monoisotopic (exact) mass is 314 g/mol. The summed E-state index contributed by atoms with van der Waals surface area (Å²) in [4.78, 5) is 25.8. The summed E-state index contributed by atoms with van der Waals surface area (Å²) in [5.74, 6) is -1.08. The van der Waals surface area contributed by atoms with Crippen LogP contribution in [0, 0.1) is 0 Å². The SMILES string of the molecule is CN(C)c1ccc(CC(NC(=O)OC(C)(C)C)C(=O)O)s1. The Hall–Kier alpha value is -1.76. The third kappa shape index (κ3) is 6.03.